The Morgan fingerprint density at radius 3 is 2.42 bits per heavy atom. The Morgan fingerprint density at radius 2 is 1.95 bits per heavy atom. The summed E-state index contributed by atoms with van der Waals surface area (Å²) in [5, 5.41) is 0. The van der Waals surface area contributed by atoms with E-state index in [-0.39, 0.29) is 6.10 Å². The van der Waals surface area contributed by atoms with Gasteiger partial charge in [-0.2, -0.15) is 8.42 Å². The average Bonchev–Trinajstić information content (AvgIpc) is 3.06. The Balaban J connectivity index is 1.93. The van der Waals surface area contributed by atoms with Gasteiger partial charge in [0.15, 0.2) is 0 Å². The fraction of sp³-hybridized carbons (Fsp3) is 0.750. The monoisotopic (exact) mass is 289 g/mol. The molecule has 2 saturated carbocycles. The second-order valence-electron chi connectivity index (χ2n) is 5.85. The van der Waals surface area contributed by atoms with E-state index in [1.807, 2.05) is 4.72 Å². The number of amides is 1. The highest BCUT2D eigenvalue weighted by molar-refractivity contribution is 7.85. The molecule has 2 atom stereocenters. The molecule has 0 bridgehead atoms. The summed E-state index contributed by atoms with van der Waals surface area (Å²) in [7, 11) is -4.05. The van der Waals surface area contributed by atoms with E-state index in [0.29, 0.717) is 25.0 Å². The zero-order valence-electron chi connectivity index (χ0n) is 11.4. The van der Waals surface area contributed by atoms with Crippen LogP contribution < -0.4 is 4.72 Å². The van der Waals surface area contributed by atoms with Crippen molar-refractivity contribution < 1.29 is 22.1 Å². The molecule has 0 saturated heterocycles. The minimum absolute atomic E-state index is 0.322. The van der Waals surface area contributed by atoms with E-state index in [0.717, 1.165) is 0 Å². The number of rotatable bonds is 6. The maximum Gasteiger partial charge on any atom is 0.362 e. The van der Waals surface area contributed by atoms with Crippen molar-refractivity contribution >= 4 is 16.2 Å². The second-order valence-corrected chi connectivity index (χ2v) is 7.13. The summed E-state index contributed by atoms with van der Waals surface area (Å²) in [5.74, 6) is -0.0888. The molecule has 1 N–H and O–H groups in total. The van der Waals surface area contributed by atoms with E-state index in [2.05, 4.69) is 6.58 Å². The van der Waals surface area contributed by atoms with Crippen LogP contribution in [0.5, 0.6) is 0 Å². The van der Waals surface area contributed by atoms with Crippen LogP contribution in [-0.4, -0.2) is 26.0 Å². The molecule has 6 nitrogen and oxygen atoms in total. The summed E-state index contributed by atoms with van der Waals surface area (Å²) < 4.78 is 35.6. The van der Waals surface area contributed by atoms with Crippen LogP contribution in [0, 0.1) is 5.41 Å². The quantitative estimate of drug-likeness (QED) is 0.744. The smallest absolute Gasteiger partial charge is 0.362 e. The molecule has 2 unspecified atom stereocenters. The minimum Gasteiger partial charge on any atom is -0.495 e. The van der Waals surface area contributed by atoms with Crippen molar-refractivity contribution in [3.05, 3.63) is 12.3 Å². The third kappa shape index (κ3) is 3.27. The molecule has 7 heteroatoms. The molecule has 0 aromatic carbocycles. The highest BCUT2D eigenvalue weighted by Crippen LogP contribution is 2.49. The van der Waals surface area contributed by atoms with E-state index >= 15 is 0 Å². The Kier molecular flexibility index (Phi) is 3.17. The number of nitrogens with one attached hydrogen (secondary N) is 1. The summed E-state index contributed by atoms with van der Waals surface area (Å²) in [4.78, 5) is 12.0. The molecule has 19 heavy (non-hydrogen) atoms. The normalized spacial score (nSPS) is 31.4. The first-order valence-corrected chi connectivity index (χ1v) is 7.57. The molecule has 0 spiro atoms. The Hall–Kier alpha value is -1.08. The molecule has 0 aromatic heterocycles. The van der Waals surface area contributed by atoms with Crippen LogP contribution >= 0.6 is 0 Å². The lowest BCUT2D eigenvalue weighted by Gasteiger charge is -2.15. The van der Waals surface area contributed by atoms with Crippen molar-refractivity contribution in [1.29, 1.82) is 0 Å². The zero-order chi connectivity index (χ0) is 14.5. The van der Waals surface area contributed by atoms with Crippen molar-refractivity contribution in [2.45, 2.75) is 51.7 Å². The van der Waals surface area contributed by atoms with Gasteiger partial charge in [0.25, 0.3) is 0 Å². The molecule has 0 aromatic rings. The van der Waals surface area contributed by atoms with Crippen LogP contribution in [0.15, 0.2) is 12.3 Å². The molecule has 2 rings (SSSR count). The third-order valence-electron chi connectivity index (χ3n) is 3.50. The maximum atomic E-state index is 12.0. The van der Waals surface area contributed by atoms with Gasteiger partial charge in [-0.3, -0.25) is 4.79 Å². The van der Waals surface area contributed by atoms with Gasteiger partial charge in [-0.25, -0.2) is 8.91 Å². The number of allylic oxidation sites excluding steroid dienone is 1. The minimum atomic E-state index is -4.05. The molecule has 2 aliphatic rings. The van der Waals surface area contributed by atoms with E-state index in [9.17, 15) is 13.2 Å². The van der Waals surface area contributed by atoms with Crippen molar-refractivity contribution in [2.75, 3.05) is 0 Å². The van der Waals surface area contributed by atoms with Gasteiger partial charge in [-0.05, 0) is 33.6 Å². The zero-order valence-corrected chi connectivity index (χ0v) is 12.2. The lowest BCUT2D eigenvalue weighted by Crippen LogP contribution is -2.39. The van der Waals surface area contributed by atoms with Gasteiger partial charge in [0, 0.05) is 6.42 Å². The first kappa shape index (κ1) is 14.3. The molecule has 0 radical (unpaired) electrons. The molecule has 0 heterocycles. The van der Waals surface area contributed by atoms with Gasteiger partial charge in [0.05, 0.1) is 16.8 Å². The van der Waals surface area contributed by atoms with E-state index in [4.69, 9.17) is 8.92 Å². The average molecular weight is 289 g/mol. The lowest BCUT2D eigenvalue weighted by molar-refractivity contribution is -0.125. The first-order chi connectivity index (χ1) is 8.56. The van der Waals surface area contributed by atoms with Gasteiger partial charge in [0.1, 0.15) is 6.10 Å². The number of hydrogen-bond donors (Lipinski definition) is 1. The van der Waals surface area contributed by atoms with Crippen molar-refractivity contribution in [1.82, 2.24) is 4.72 Å². The first-order valence-electron chi connectivity index (χ1n) is 6.16. The van der Waals surface area contributed by atoms with Gasteiger partial charge < -0.3 is 4.74 Å². The van der Waals surface area contributed by atoms with Crippen LogP contribution in [-0.2, 0) is 24.0 Å². The topological polar surface area (TPSA) is 81.7 Å². The standard InChI is InChI=1S/C12H19NO5S/c1-8(2)17-9-7-12(9,4)10(14)13-19(15,16)18-11(3)5-6-11/h9H,1,5-7H2,2-4H3,(H,13,14). The molecule has 0 aliphatic heterocycles. The Morgan fingerprint density at radius 1 is 1.37 bits per heavy atom. The molecule has 1 amide bonds. The fourth-order valence-corrected chi connectivity index (χ4v) is 2.95. The van der Waals surface area contributed by atoms with Crippen molar-refractivity contribution in [3.8, 4) is 0 Å². The van der Waals surface area contributed by atoms with Crippen molar-refractivity contribution in [2.24, 2.45) is 5.41 Å². The Bertz CT molecular complexity index is 522. The predicted molar refractivity (Wildman–Crippen MR) is 68.2 cm³/mol. The van der Waals surface area contributed by atoms with Crippen LogP contribution in [0.25, 0.3) is 0 Å². The highest BCUT2D eigenvalue weighted by Gasteiger charge is 2.59. The molecular formula is C12H19NO5S. The summed E-state index contributed by atoms with van der Waals surface area (Å²) in [5.41, 5.74) is -1.48. The number of carbonyl (C=O) groups excluding carboxylic acids is 1. The predicted octanol–water partition coefficient (Wildman–Crippen LogP) is 1.25. The summed E-state index contributed by atoms with van der Waals surface area (Å²) in [6.07, 6.45) is 1.51. The largest absolute Gasteiger partial charge is 0.495 e. The lowest BCUT2D eigenvalue weighted by atomic mass is 10.1. The third-order valence-corrected chi connectivity index (χ3v) is 4.56. The molecule has 108 valence electrons. The van der Waals surface area contributed by atoms with Crippen LogP contribution in [0.1, 0.15) is 40.0 Å². The maximum absolute atomic E-state index is 12.0. The van der Waals surface area contributed by atoms with E-state index < -0.39 is 27.2 Å². The number of carbonyl (C=O) groups is 1. The second kappa shape index (κ2) is 4.21. The van der Waals surface area contributed by atoms with Gasteiger partial charge >= 0.3 is 10.3 Å². The fourth-order valence-electron chi connectivity index (χ4n) is 1.75. The van der Waals surface area contributed by atoms with Gasteiger partial charge in [-0.1, -0.05) is 6.58 Å². The van der Waals surface area contributed by atoms with Crippen LogP contribution in [0.4, 0.5) is 0 Å². The van der Waals surface area contributed by atoms with E-state index in [1.54, 1.807) is 20.8 Å². The molecule has 2 fully saturated rings. The van der Waals surface area contributed by atoms with E-state index in [1.165, 1.54) is 0 Å². The number of hydrogen-bond acceptors (Lipinski definition) is 5. The van der Waals surface area contributed by atoms with Crippen LogP contribution in [0.3, 0.4) is 0 Å². The van der Waals surface area contributed by atoms with Gasteiger partial charge in [0.2, 0.25) is 5.91 Å². The summed E-state index contributed by atoms with van der Waals surface area (Å²) >= 11 is 0. The molecular weight excluding hydrogens is 270 g/mol. The highest BCUT2D eigenvalue weighted by atomic mass is 32.2. The summed E-state index contributed by atoms with van der Waals surface area (Å²) in [6, 6.07) is 0. The number of ether oxygens (including phenoxy) is 1. The Labute approximate surface area is 113 Å². The SMILES string of the molecule is C=C(C)OC1CC1(C)C(=O)NS(=O)(=O)OC1(C)CC1. The summed E-state index contributed by atoms with van der Waals surface area (Å²) in [6.45, 7) is 8.63. The molecule has 2 aliphatic carbocycles. The van der Waals surface area contributed by atoms with Crippen LogP contribution in [0.2, 0.25) is 0 Å². The van der Waals surface area contributed by atoms with Crippen molar-refractivity contribution in [3.63, 3.8) is 0 Å². The van der Waals surface area contributed by atoms with Gasteiger partial charge in [-0.15, -0.1) is 0 Å².